The van der Waals surface area contributed by atoms with Crippen LogP contribution in [0.15, 0.2) is 12.4 Å². The lowest BCUT2D eigenvalue weighted by molar-refractivity contribution is 0.213. The molecule has 1 aliphatic heterocycles. The van der Waals surface area contributed by atoms with Crippen LogP contribution in [0.4, 0.5) is 10.5 Å². The molecule has 102 valence electrons. The SMILES string of the molecule is O=C(Nc1cnc(C2CC2)nc1)N1CCCCCC1. The molecule has 0 radical (unpaired) electrons. The first-order chi connectivity index (χ1) is 9.33. The van der Waals surface area contributed by atoms with Gasteiger partial charge in [-0.15, -0.1) is 0 Å². The fourth-order valence-corrected chi connectivity index (χ4v) is 2.43. The summed E-state index contributed by atoms with van der Waals surface area (Å²) in [6.45, 7) is 1.71. The van der Waals surface area contributed by atoms with Gasteiger partial charge in [0.2, 0.25) is 0 Å². The lowest BCUT2D eigenvalue weighted by Gasteiger charge is -2.20. The molecule has 0 unspecified atom stereocenters. The average Bonchev–Trinajstić information content (AvgIpc) is 3.26. The van der Waals surface area contributed by atoms with Crippen molar-refractivity contribution in [2.45, 2.75) is 44.4 Å². The Hall–Kier alpha value is -1.65. The molecule has 0 bridgehead atoms. The van der Waals surface area contributed by atoms with Gasteiger partial charge >= 0.3 is 6.03 Å². The van der Waals surface area contributed by atoms with Crippen LogP contribution in [0.2, 0.25) is 0 Å². The molecule has 1 N–H and O–H groups in total. The largest absolute Gasteiger partial charge is 0.325 e. The van der Waals surface area contributed by atoms with Crippen LogP contribution in [-0.4, -0.2) is 34.0 Å². The summed E-state index contributed by atoms with van der Waals surface area (Å²) in [5, 5.41) is 2.89. The zero-order valence-corrected chi connectivity index (χ0v) is 11.1. The molecule has 0 atom stereocenters. The summed E-state index contributed by atoms with van der Waals surface area (Å²) in [6, 6.07) is -0.0235. The number of rotatable bonds is 2. The van der Waals surface area contributed by atoms with E-state index in [-0.39, 0.29) is 6.03 Å². The molecule has 5 heteroatoms. The van der Waals surface area contributed by atoms with Crippen molar-refractivity contribution in [1.82, 2.24) is 14.9 Å². The summed E-state index contributed by atoms with van der Waals surface area (Å²) in [5.41, 5.74) is 0.693. The summed E-state index contributed by atoms with van der Waals surface area (Å²) in [7, 11) is 0. The Bertz CT molecular complexity index is 433. The van der Waals surface area contributed by atoms with Crippen LogP contribution >= 0.6 is 0 Å². The zero-order chi connectivity index (χ0) is 13.1. The first-order valence-electron chi connectivity index (χ1n) is 7.21. The molecular formula is C14H20N4O. The van der Waals surface area contributed by atoms with E-state index in [9.17, 15) is 4.79 Å². The monoisotopic (exact) mass is 260 g/mol. The summed E-state index contributed by atoms with van der Waals surface area (Å²) < 4.78 is 0. The van der Waals surface area contributed by atoms with E-state index >= 15 is 0 Å². The molecule has 2 amide bonds. The van der Waals surface area contributed by atoms with Gasteiger partial charge in [0.25, 0.3) is 0 Å². The molecule has 1 aromatic rings. The quantitative estimate of drug-likeness (QED) is 0.889. The van der Waals surface area contributed by atoms with E-state index < -0.39 is 0 Å². The molecule has 1 saturated heterocycles. The van der Waals surface area contributed by atoms with E-state index in [1.54, 1.807) is 12.4 Å². The molecule has 1 aliphatic carbocycles. The van der Waals surface area contributed by atoms with Crippen LogP contribution < -0.4 is 5.32 Å². The van der Waals surface area contributed by atoms with Gasteiger partial charge in [-0.05, 0) is 25.7 Å². The normalized spacial score (nSPS) is 19.9. The van der Waals surface area contributed by atoms with Gasteiger partial charge in [0.05, 0.1) is 18.1 Å². The molecule has 2 aliphatic rings. The minimum absolute atomic E-state index is 0.0235. The molecule has 5 nitrogen and oxygen atoms in total. The molecule has 1 saturated carbocycles. The third-order valence-corrected chi connectivity index (χ3v) is 3.76. The number of hydrogen-bond donors (Lipinski definition) is 1. The summed E-state index contributed by atoms with van der Waals surface area (Å²) >= 11 is 0. The highest BCUT2D eigenvalue weighted by Crippen LogP contribution is 2.37. The number of urea groups is 1. The topological polar surface area (TPSA) is 58.1 Å². The van der Waals surface area contributed by atoms with Crippen molar-refractivity contribution in [2.75, 3.05) is 18.4 Å². The molecule has 0 aromatic carbocycles. The van der Waals surface area contributed by atoms with Crippen molar-refractivity contribution in [1.29, 1.82) is 0 Å². The number of amides is 2. The van der Waals surface area contributed by atoms with E-state index in [1.165, 1.54) is 25.7 Å². The fourth-order valence-electron chi connectivity index (χ4n) is 2.43. The number of nitrogens with zero attached hydrogens (tertiary/aromatic N) is 3. The molecule has 3 rings (SSSR count). The van der Waals surface area contributed by atoms with E-state index in [2.05, 4.69) is 15.3 Å². The molecule has 1 aromatic heterocycles. The second kappa shape index (κ2) is 5.55. The number of carbonyl (C=O) groups is 1. The zero-order valence-electron chi connectivity index (χ0n) is 11.1. The second-order valence-electron chi connectivity index (χ2n) is 5.44. The Labute approximate surface area is 113 Å². The maximum absolute atomic E-state index is 12.1. The van der Waals surface area contributed by atoms with Gasteiger partial charge in [-0.3, -0.25) is 0 Å². The van der Waals surface area contributed by atoms with Crippen molar-refractivity contribution in [3.63, 3.8) is 0 Å². The standard InChI is InChI=1S/C14H20N4O/c19-14(18-7-3-1-2-4-8-18)17-12-9-15-13(16-10-12)11-5-6-11/h9-11H,1-8H2,(H,17,19). The minimum Gasteiger partial charge on any atom is -0.325 e. The highest BCUT2D eigenvalue weighted by atomic mass is 16.2. The number of anilines is 1. The van der Waals surface area contributed by atoms with Crippen LogP contribution in [0, 0.1) is 0 Å². The first-order valence-corrected chi connectivity index (χ1v) is 7.21. The number of nitrogens with one attached hydrogen (secondary N) is 1. The maximum Gasteiger partial charge on any atom is 0.321 e. The van der Waals surface area contributed by atoms with E-state index in [0.29, 0.717) is 11.6 Å². The van der Waals surface area contributed by atoms with E-state index in [0.717, 1.165) is 31.8 Å². The molecular weight excluding hydrogens is 240 g/mol. The van der Waals surface area contributed by atoms with Gasteiger partial charge in [-0.2, -0.15) is 0 Å². The van der Waals surface area contributed by atoms with Crippen molar-refractivity contribution in [2.24, 2.45) is 0 Å². The third-order valence-electron chi connectivity index (χ3n) is 3.76. The number of carbonyl (C=O) groups excluding carboxylic acids is 1. The van der Waals surface area contributed by atoms with Gasteiger partial charge in [0.1, 0.15) is 5.82 Å². The Balaban J connectivity index is 1.58. The van der Waals surface area contributed by atoms with Gasteiger partial charge in [-0.25, -0.2) is 14.8 Å². The average molecular weight is 260 g/mol. The van der Waals surface area contributed by atoms with Gasteiger partial charge in [-0.1, -0.05) is 12.8 Å². The van der Waals surface area contributed by atoms with Crippen LogP contribution in [0.25, 0.3) is 0 Å². The number of aromatic nitrogens is 2. The van der Waals surface area contributed by atoms with Gasteiger partial charge in [0, 0.05) is 19.0 Å². The van der Waals surface area contributed by atoms with E-state index in [4.69, 9.17) is 0 Å². The van der Waals surface area contributed by atoms with Crippen LogP contribution in [-0.2, 0) is 0 Å². The predicted octanol–water partition coefficient (Wildman–Crippen LogP) is 2.76. The molecule has 2 fully saturated rings. The van der Waals surface area contributed by atoms with Crippen molar-refractivity contribution >= 4 is 11.7 Å². The molecule has 2 heterocycles. The maximum atomic E-state index is 12.1. The number of hydrogen-bond acceptors (Lipinski definition) is 3. The predicted molar refractivity (Wildman–Crippen MR) is 73.1 cm³/mol. The Morgan fingerprint density at radius 2 is 1.74 bits per heavy atom. The van der Waals surface area contributed by atoms with Crippen molar-refractivity contribution in [3.8, 4) is 0 Å². The second-order valence-corrected chi connectivity index (χ2v) is 5.44. The van der Waals surface area contributed by atoms with Crippen LogP contribution in [0.3, 0.4) is 0 Å². The Morgan fingerprint density at radius 1 is 1.11 bits per heavy atom. The third kappa shape index (κ3) is 3.22. The lowest BCUT2D eigenvalue weighted by atomic mass is 10.2. The summed E-state index contributed by atoms with van der Waals surface area (Å²) in [5.74, 6) is 1.46. The Kier molecular flexibility index (Phi) is 3.62. The highest BCUT2D eigenvalue weighted by Gasteiger charge is 2.26. The Morgan fingerprint density at radius 3 is 2.32 bits per heavy atom. The van der Waals surface area contributed by atoms with Gasteiger partial charge < -0.3 is 10.2 Å². The van der Waals surface area contributed by atoms with Crippen molar-refractivity contribution in [3.05, 3.63) is 18.2 Å². The smallest absolute Gasteiger partial charge is 0.321 e. The van der Waals surface area contributed by atoms with Gasteiger partial charge in [0.15, 0.2) is 0 Å². The minimum atomic E-state index is -0.0235. The highest BCUT2D eigenvalue weighted by molar-refractivity contribution is 5.88. The molecule has 0 spiro atoms. The first kappa shape index (κ1) is 12.4. The fraction of sp³-hybridized carbons (Fsp3) is 0.643. The van der Waals surface area contributed by atoms with Crippen LogP contribution in [0.1, 0.15) is 50.3 Å². The number of likely N-dealkylation sites (tertiary alicyclic amines) is 1. The lowest BCUT2D eigenvalue weighted by Crippen LogP contribution is -2.35. The molecule has 19 heavy (non-hydrogen) atoms. The summed E-state index contributed by atoms with van der Waals surface area (Å²) in [6.07, 6.45) is 10.5. The van der Waals surface area contributed by atoms with Crippen molar-refractivity contribution < 1.29 is 4.79 Å². The van der Waals surface area contributed by atoms with Crippen LogP contribution in [0.5, 0.6) is 0 Å². The van der Waals surface area contributed by atoms with E-state index in [1.807, 2.05) is 4.90 Å². The summed E-state index contributed by atoms with van der Waals surface area (Å²) in [4.78, 5) is 22.6.